The molecule has 1 aromatic carbocycles. The summed E-state index contributed by atoms with van der Waals surface area (Å²) in [6.07, 6.45) is 1.66. The van der Waals surface area contributed by atoms with Gasteiger partial charge >= 0.3 is 0 Å². The number of benzene rings is 1. The fourth-order valence-electron chi connectivity index (χ4n) is 1.90. The summed E-state index contributed by atoms with van der Waals surface area (Å²) in [5, 5.41) is 0. The Morgan fingerprint density at radius 3 is 2.63 bits per heavy atom. The first-order chi connectivity index (χ1) is 9.24. The Morgan fingerprint density at radius 1 is 1.11 bits per heavy atom. The van der Waals surface area contributed by atoms with Gasteiger partial charge in [-0.05, 0) is 40.3 Å². The van der Waals surface area contributed by atoms with Gasteiger partial charge in [-0.15, -0.1) is 0 Å². The van der Waals surface area contributed by atoms with E-state index >= 15 is 0 Å². The van der Waals surface area contributed by atoms with Crippen LogP contribution in [-0.4, -0.2) is 15.0 Å². The molecule has 5 heteroatoms. The van der Waals surface area contributed by atoms with E-state index in [0.29, 0.717) is 0 Å². The lowest BCUT2D eigenvalue weighted by Crippen LogP contribution is -1.95. The average molecular weight is 362 g/mol. The summed E-state index contributed by atoms with van der Waals surface area (Å²) >= 11 is 2.29. The molecular formula is C14H11IN4. The summed E-state index contributed by atoms with van der Waals surface area (Å²) in [4.78, 5) is 11.5. The van der Waals surface area contributed by atoms with Crippen molar-refractivity contribution in [2.75, 3.05) is 5.73 Å². The van der Waals surface area contributed by atoms with Crippen molar-refractivity contribution in [2.45, 2.75) is 0 Å². The molecule has 0 amide bonds. The number of nitrogens with one attached hydrogen (secondary N) is 1. The smallest absolute Gasteiger partial charge is 0.220 e. The number of anilines is 1. The molecule has 0 saturated carbocycles. The second-order valence-electron chi connectivity index (χ2n) is 4.07. The predicted molar refractivity (Wildman–Crippen MR) is 84.4 cm³/mol. The van der Waals surface area contributed by atoms with Gasteiger partial charge in [0.15, 0.2) is 0 Å². The normalized spacial score (nSPS) is 10.6. The van der Waals surface area contributed by atoms with Crippen molar-refractivity contribution in [3.8, 4) is 22.6 Å². The maximum Gasteiger partial charge on any atom is 0.220 e. The van der Waals surface area contributed by atoms with Crippen LogP contribution in [0.5, 0.6) is 0 Å². The summed E-state index contributed by atoms with van der Waals surface area (Å²) < 4.78 is 1.11. The summed E-state index contributed by atoms with van der Waals surface area (Å²) in [7, 11) is 0. The van der Waals surface area contributed by atoms with E-state index in [0.717, 1.165) is 26.2 Å². The van der Waals surface area contributed by atoms with E-state index in [1.807, 2.05) is 24.3 Å². The largest absolute Gasteiger partial charge is 0.368 e. The Hall–Kier alpha value is -1.89. The van der Waals surface area contributed by atoms with E-state index in [9.17, 15) is 0 Å². The zero-order valence-corrected chi connectivity index (χ0v) is 12.1. The number of nitrogen functional groups attached to an aromatic ring is 1. The first-order valence-corrected chi connectivity index (χ1v) is 6.85. The molecule has 3 N–H and O–H groups in total. The number of rotatable bonds is 2. The maximum absolute atomic E-state index is 5.63. The van der Waals surface area contributed by atoms with Crippen LogP contribution in [0.25, 0.3) is 22.6 Å². The molecule has 0 spiro atoms. The SMILES string of the molecule is Nc1nccc(-c2[nH]c(-c3ccccc3)cc2I)n1. The van der Waals surface area contributed by atoms with E-state index in [1.54, 1.807) is 6.20 Å². The molecule has 3 rings (SSSR count). The topological polar surface area (TPSA) is 67.6 Å². The number of H-pyrrole nitrogens is 1. The van der Waals surface area contributed by atoms with Gasteiger partial charge < -0.3 is 10.7 Å². The molecule has 0 bridgehead atoms. The third-order valence-electron chi connectivity index (χ3n) is 2.78. The minimum Gasteiger partial charge on any atom is -0.368 e. The highest BCUT2D eigenvalue weighted by molar-refractivity contribution is 14.1. The molecule has 0 saturated heterocycles. The Morgan fingerprint density at radius 2 is 1.89 bits per heavy atom. The van der Waals surface area contributed by atoms with Gasteiger partial charge in [0.2, 0.25) is 5.95 Å². The molecule has 0 unspecified atom stereocenters. The van der Waals surface area contributed by atoms with Gasteiger partial charge in [-0.25, -0.2) is 9.97 Å². The Kier molecular flexibility index (Phi) is 3.20. The summed E-state index contributed by atoms with van der Waals surface area (Å²) in [5.41, 5.74) is 9.61. The molecule has 0 aliphatic rings. The average Bonchev–Trinajstić information content (AvgIpc) is 2.82. The zero-order chi connectivity index (χ0) is 13.2. The monoisotopic (exact) mass is 362 g/mol. The standard InChI is InChI=1S/C14H11IN4/c15-10-8-12(9-4-2-1-3-5-9)18-13(10)11-6-7-17-14(16)19-11/h1-8,18H,(H2,16,17,19). The number of aromatic amines is 1. The Balaban J connectivity index is 2.08. The van der Waals surface area contributed by atoms with Crippen molar-refractivity contribution in [1.82, 2.24) is 15.0 Å². The Bertz CT molecular complexity index is 706. The molecule has 0 aliphatic heterocycles. The summed E-state index contributed by atoms with van der Waals surface area (Å²) in [6, 6.07) is 14.1. The molecule has 94 valence electrons. The van der Waals surface area contributed by atoms with Gasteiger partial charge in [0.25, 0.3) is 0 Å². The number of hydrogen-bond acceptors (Lipinski definition) is 3. The highest BCUT2D eigenvalue weighted by Crippen LogP contribution is 2.28. The van der Waals surface area contributed by atoms with Crippen LogP contribution >= 0.6 is 22.6 Å². The van der Waals surface area contributed by atoms with Gasteiger partial charge in [0, 0.05) is 15.5 Å². The van der Waals surface area contributed by atoms with Gasteiger partial charge in [0.1, 0.15) is 0 Å². The molecule has 2 heterocycles. The molecule has 0 atom stereocenters. The van der Waals surface area contributed by atoms with Crippen LogP contribution in [0.3, 0.4) is 0 Å². The molecular weight excluding hydrogens is 351 g/mol. The summed E-state index contributed by atoms with van der Waals surface area (Å²) in [6.45, 7) is 0. The van der Waals surface area contributed by atoms with Gasteiger partial charge in [-0.1, -0.05) is 30.3 Å². The van der Waals surface area contributed by atoms with Crippen molar-refractivity contribution in [3.05, 3.63) is 52.2 Å². The fourth-order valence-corrected chi connectivity index (χ4v) is 2.62. The van der Waals surface area contributed by atoms with Crippen molar-refractivity contribution >= 4 is 28.5 Å². The van der Waals surface area contributed by atoms with Gasteiger partial charge in [-0.3, -0.25) is 0 Å². The van der Waals surface area contributed by atoms with Crippen LogP contribution in [-0.2, 0) is 0 Å². The highest BCUT2D eigenvalue weighted by Gasteiger charge is 2.10. The van der Waals surface area contributed by atoms with Crippen LogP contribution in [0, 0.1) is 3.57 Å². The van der Waals surface area contributed by atoms with Gasteiger partial charge in [0.05, 0.1) is 11.4 Å². The van der Waals surface area contributed by atoms with E-state index < -0.39 is 0 Å². The first-order valence-electron chi connectivity index (χ1n) is 5.77. The van der Waals surface area contributed by atoms with Crippen molar-refractivity contribution in [3.63, 3.8) is 0 Å². The van der Waals surface area contributed by atoms with Crippen molar-refractivity contribution in [2.24, 2.45) is 0 Å². The highest BCUT2D eigenvalue weighted by atomic mass is 127. The number of nitrogens with two attached hydrogens (primary N) is 1. The van der Waals surface area contributed by atoms with E-state index in [4.69, 9.17) is 5.73 Å². The quantitative estimate of drug-likeness (QED) is 0.688. The fraction of sp³-hybridized carbons (Fsp3) is 0. The van der Waals surface area contributed by atoms with Crippen molar-refractivity contribution in [1.29, 1.82) is 0 Å². The van der Waals surface area contributed by atoms with E-state index in [-0.39, 0.29) is 5.95 Å². The number of halogens is 1. The van der Waals surface area contributed by atoms with E-state index in [1.165, 1.54) is 0 Å². The molecule has 0 fully saturated rings. The van der Waals surface area contributed by atoms with Gasteiger partial charge in [-0.2, -0.15) is 0 Å². The molecule has 19 heavy (non-hydrogen) atoms. The molecule has 2 aromatic heterocycles. The third-order valence-corrected chi connectivity index (χ3v) is 3.64. The maximum atomic E-state index is 5.63. The van der Waals surface area contributed by atoms with Crippen LogP contribution in [0.1, 0.15) is 0 Å². The van der Waals surface area contributed by atoms with Crippen LogP contribution in [0.4, 0.5) is 5.95 Å². The zero-order valence-electron chi connectivity index (χ0n) is 9.97. The minimum atomic E-state index is 0.282. The molecule has 0 aliphatic carbocycles. The first kappa shape index (κ1) is 12.2. The van der Waals surface area contributed by atoms with E-state index in [2.05, 4.69) is 55.7 Å². The lowest BCUT2D eigenvalue weighted by molar-refractivity contribution is 1.17. The number of aromatic nitrogens is 3. The lowest BCUT2D eigenvalue weighted by Gasteiger charge is -2.00. The molecule has 3 aromatic rings. The second-order valence-corrected chi connectivity index (χ2v) is 5.23. The molecule has 0 radical (unpaired) electrons. The third kappa shape index (κ3) is 2.46. The van der Waals surface area contributed by atoms with Crippen LogP contribution in [0.15, 0.2) is 48.7 Å². The summed E-state index contributed by atoms with van der Waals surface area (Å²) in [5.74, 6) is 0.282. The number of hydrogen-bond donors (Lipinski definition) is 2. The Labute approximate surface area is 124 Å². The molecule has 4 nitrogen and oxygen atoms in total. The lowest BCUT2D eigenvalue weighted by atomic mass is 10.2. The minimum absolute atomic E-state index is 0.282. The number of nitrogens with zero attached hydrogens (tertiary/aromatic N) is 2. The second kappa shape index (κ2) is 5.00. The van der Waals surface area contributed by atoms with Crippen LogP contribution in [0.2, 0.25) is 0 Å². The van der Waals surface area contributed by atoms with Crippen molar-refractivity contribution < 1.29 is 0 Å². The predicted octanol–water partition coefficient (Wildman–Crippen LogP) is 3.33. The van der Waals surface area contributed by atoms with Crippen LogP contribution < -0.4 is 5.73 Å².